The van der Waals surface area contributed by atoms with Gasteiger partial charge >= 0.3 is 5.97 Å². The first kappa shape index (κ1) is 15.9. The van der Waals surface area contributed by atoms with Crippen LogP contribution >= 0.6 is 11.6 Å². The molecule has 0 aromatic heterocycles. The zero-order valence-corrected chi connectivity index (χ0v) is 13.2. The highest BCUT2D eigenvalue weighted by Gasteiger charge is 2.26. The molecule has 0 amide bonds. The van der Waals surface area contributed by atoms with Gasteiger partial charge < -0.3 is 14.9 Å². The Kier molecular flexibility index (Phi) is 5.26. The predicted octanol–water partition coefficient (Wildman–Crippen LogP) is 2.97. The molecule has 5 heteroatoms. The summed E-state index contributed by atoms with van der Waals surface area (Å²) in [7, 11) is 4.14. The van der Waals surface area contributed by atoms with Gasteiger partial charge in [-0.3, -0.25) is 0 Å². The van der Waals surface area contributed by atoms with Crippen LogP contribution in [0, 0.1) is 0 Å². The van der Waals surface area contributed by atoms with Gasteiger partial charge in [0.15, 0.2) is 0 Å². The molecular formula is C16H21ClN2O2. The van der Waals surface area contributed by atoms with E-state index in [0.717, 1.165) is 43.3 Å². The molecule has 0 aliphatic carbocycles. The SMILES string of the molecule is CN(C)CC1CCCN1c1cccc(Cl)c1C=CC(=O)O. The summed E-state index contributed by atoms with van der Waals surface area (Å²) in [5.74, 6) is -0.966. The van der Waals surface area contributed by atoms with E-state index in [1.165, 1.54) is 0 Å². The number of rotatable bonds is 5. The second-order valence-electron chi connectivity index (χ2n) is 5.60. The van der Waals surface area contributed by atoms with Crippen LogP contribution in [0.3, 0.4) is 0 Å². The lowest BCUT2D eigenvalue weighted by Crippen LogP contribution is -2.37. The van der Waals surface area contributed by atoms with E-state index >= 15 is 0 Å². The van der Waals surface area contributed by atoms with Gasteiger partial charge in [0.1, 0.15) is 0 Å². The third-order valence-electron chi connectivity index (χ3n) is 3.68. The molecule has 1 N–H and O–H groups in total. The molecule has 0 bridgehead atoms. The van der Waals surface area contributed by atoms with Crippen molar-refractivity contribution in [3.8, 4) is 0 Å². The molecule has 4 nitrogen and oxygen atoms in total. The molecular weight excluding hydrogens is 288 g/mol. The van der Waals surface area contributed by atoms with Gasteiger partial charge in [0.05, 0.1) is 0 Å². The summed E-state index contributed by atoms with van der Waals surface area (Å²) in [5.41, 5.74) is 1.80. The average molecular weight is 309 g/mol. The van der Waals surface area contributed by atoms with Crippen molar-refractivity contribution in [2.24, 2.45) is 0 Å². The zero-order valence-electron chi connectivity index (χ0n) is 12.4. The molecule has 0 radical (unpaired) electrons. The van der Waals surface area contributed by atoms with E-state index in [4.69, 9.17) is 16.7 Å². The van der Waals surface area contributed by atoms with Crippen LogP contribution in [-0.4, -0.2) is 49.2 Å². The lowest BCUT2D eigenvalue weighted by Gasteiger charge is -2.30. The molecule has 0 saturated carbocycles. The maximum absolute atomic E-state index is 10.8. The largest absolute Gasteiger partial charge is 0.478 e. The summed E-state index contributed by atoms with van der Waals surface area (Å²) in [4.78, 5) is 15.3. The quantitative estimate of drug-likeness (QED) is 0.849. The van der Waals surface area contributed by atoms with Crippen LogP contribution in [-0.2, 0) is 4.79 Å². The Bertz CT molecular complexity index is 543. The highest BCUT2D eigenvalue weighted by atomic mass is 35.5. The van der Waals surface area contributed by atoms with Gasteiger partial charge in [-0.2, -0.15) is 0 Å². The molecule has 1 heterocycles. The van der Waals surface area contributed by atoms with E-state index in [2.05, 4.69) is 23.9 Å². The van der Waals surface area contributed by atoms with E-state index in [9.17, 15) is 4.79 Å². The first-order valence-corrected chi connectivity index (χ1v) is 7.47. The van der Waals surface area contributed by atoms with Gasteiger partial charge in [0, 0.05) is 41.5 Å². The lowest BCUT2D eigenvalue weighted by molar-refractivity contribution is -0.131. The molecule has 1 fully saturated rings. The number of benzene rings is 1. The van der Waals surface area contributed by atoms with Crippen molar-refractivity contribution < 1.29 is 9.90 Å². The minimum absolute atomic E-state index is 0.440. The first-order chi connectivity index (χ1) is 9.99. The number of likely N-dealkylation sites (N-methyl/N-ethyl adjacent to an activating group) is 1. The average Bonchev–Trinajstić information content (AvgIpc) is 2.84. The van der Waals surface area contributed by atoms with Gasteiger partial charge in [-0.1, -0.05) is 17.7 Å². The van der Waals surface area contributed by atoms with Crippen LogP contribution in [0.25, 0.3) is 6.08 Å². The van der Waals surface area contributed by atoms with Gasteiger partial charge in [-0.05, 0) is 45.1 Å². The van der Waals surface area contributed by atoms with Crippen LogP contribution in [0.1, 0.15) is 18.4 Å². The molecule has 21 heavy (non-hydrogen) atoms. The molecule has 1 atom stereocenters. The molecule has 1 aromatic rings. The van der Waals surface area contributed by atoms with Crippen molar-refractivity contribution in [3.05, 3.63) is 34.9 Å². The van der Waals surface area contributed by atoms with E-state index in [1.807, 2.05) is 12.1 Å². The number of aliphatic carboxylic acids is 1. The summed E-state index contributed by atoms with van der Waals surface area (Å²) >= 11 is 6.26. The smallest absolute Gasteiger partial charge is 0.328 e. The monoisotopic (exact) mass is 308 g/mol. The molecule has 1 aliphatic heterocycles. The van der Waals surface area contributed by atoms with Crippen molar-refractivity contribution >= 4 is 29.3 Å². The van der Waals surface area contributed by atoms with Crippen molar-refractivity contribution in [2.75, 3.05) is 32.1 Å². The standard InChI is InChI=1S/C16H21ClN2O2/c1-18(2)11-12-5-4-10-19(12)15-7-3-6-14(17)13(15)8-9-16(20)21/h3,6-9,12H,4-5,10-11H2,1-2H3,(H,20,21). The molecule has 114 valence electrons. The Labute approximate surface area is 130 Å². The number of carbonyl (C=O) groups is 1. The number of nitrogens with zero attached hydrogens (tertiary/aromatic N) is 2. The zero-order chi connectivity index (χ0) is 15.4. The van der Waals surface area contributed by atoms with Crippen LogP contribution in [0.15, 0.2) is 24.3 Å². The van der Waals surface area contributed by atoms with Gasteiger partial charge in [0.25, 0.3) is 0 Å². The summed E-state index contributed by atoms with van der Waals surface area (Å²) in [5, 5.41) is 9.43. The van der Waals surface area contributed by atoms with E-state index in [1.54, 1.807) is 12.1 Å². The van der Waals surface area contributed by atoms with E-state index in [-0.39, 0.29) is 0 Å². The fraction of sp³-hybridized carbons (Fsp3) is 0.438. The Morgan fingerprint density at radius 2 is 2.29 bits per heavy atom. The second-order valence-corrected chi connectivity index (χ2v) is 6.00. The minimum atomic E-state index is -0.966. The number of hydrogen-bond donors (Lipinski definition) is 1. The van der Waals surface area contributed by atoms with Gasteiger partial charge in [-0.25, -0.2) is 4.79 Å². The van der Waals surface area contributed by atoms with Crippen LogP contribution in [0.2, 0.25) is 5.02 Å². The van der Waals surface area contributed by atoms with Gasteiger partial charge in [-0.15, -0.1) is 0 Å². The molecule has 1 saturated heterocycles. The first-order valence-electron chi connectivity index (χ1n) is 7.10. The second kappa shape index (κ2) is 6.96. The summed E-state index contributed by atoms with van der Waals surface area (Å²) in [6, 6.07) is 6.17. The van der Waals surface area contributed by atoms with Crippen molar-refractivity contribution in [3.63, 3.8) is 0 Å². The van der Waals surface area contributed by atoms with E-state index < -0.39 is 5.97 Å². The molecule has 1 aliphatic rings. The van der Waals surface area contributed by atoms with Crippen molar-refractivity contribution in [1.82, 2.24) is 4.90 Å². The van der Waals surface area contributed by atoms with Crippen LogP contribution in [0.5, 0.6) is 0 Å². The number of carboxylic acid groups (broad SMARTS) is 1. The highest BCUT2D eigenvalue weighted by molar-refractivity contribution is 6.32. The summed E-state index contributed by atoms with van der Waals surface area (Å²) in [6.07, 6.45) is 5.02. The Balaban J connectivity index is 2.34. The Morgan fingerprint density at radius 1 is 1.52 bits per heavy atom. The molecule has 0 spiro atoms. The molecule has 1 unspecified atom stereocenters. The highest BCUT2D eigenvalue weighted by Crippen LogP contribution is 2.33. The lowest BCUT2D eigenvalue weighted by atomic mass is 10.1. The van der Waals surface area contributed by atoms with Crippen LogP contribution < -0.4 is 4.90 Å². The van der Waals surface area contributed by atoms with Crippen molar-refractivity contribution in [2.45, 2.75) is 18.9 Å². The topological polar surface area (TPSA) is 43.8 Å². The fourth-order valence-corrected chi connectivity index (χ4v) is 3.09. The summed E-state index contributed by atoms with van der Waals surface area (Å²) in [6.45, 7) is 1.96. The number of carboxylic acids is 1. The van der Waals surface area contributed by atoms with E-state index in [0.29, 0.717) is 11.1 Å². The Hall–Kier alpha value is -1.52. The van der Waals surface area contributed by atoms with Gasteiger partial charge in [0.2, 0.25) is 0 Å². The van der Waals surface area contributed by atoms with Crippen LogP contribution in [0.4, 0.5) is 5.69 Å². The summed E-state index contributed by atoms with van der Waals surface area (Å²) < 4.78 is 0. The number of halogens is 1. The molecule has 2 rings (SSSR count). The molecule has 1 aromatic carbocycles. The maximum Gasteiger partial charge on any atom is 0.328 e. The number of anilines is 1. The van der Waals surface area contributed by atoms with Crippen molar-refractivity contribution in [1.29, 1.82) is 0 Å². The minimum Gasteiger partial charge on any atom is -0.478 e. The normalized spacial score (nSPS) is 18.9. The fourth-order valence-electron chi connectivity index (χ4n) is 2.86. The third-order valence-corrected chi connectivity index (χ3v) is 4.01. The Morgan fingerprint density at radius 3 is 2.95 bits per heavy atom. The predicted molar refractivity (Wildman–Crippen MR) is 87.0 cm³/mol. The number of hydrogen-bond acceptors (Lipinski definition) is 3. The maximum atomic E-state index is 10.8. The third kappa shape index (κ3) is 3.99.